The predicted molar refractivity (Wildman–Crippen MR) is 122 cm³/mol. The summed E-state index contributed by atoms with van der Waals surface area (Å²) < 4.78 is 0. The van der Waals surface area contributed by atoms with Crippen LogP contribution in [0.4, 0.5) is 0 Å². The molecule has 0 fully saturated rings. The number of unbranched alkanes of at least 4 members (excludes halogenated alkanes) is 19. The van der Waals surface area contributed by atoms with Crippen molar-refractivity contribution in [1.82, 2.24) is 0 Å². The van der Waals surface area contributed by atoms with Crippen molar-refractivity contribution < 1.29 is 0 Å². The van der Waals surface area contributed by atoms with Gasteiger partial charge in [-0.1, -0.05) is 121 Å². The van der Waals surface area contributed by atoms with E-state index in [4.69, 9.17) is 0 Å². The summed E-state index contributed by atoms with van der Waals surface area (Å²) >= 11 is 0. The van der Waals surface area contributed by atoms with E-state index in [0.717, 1.165) is 0 Å². The van der Waals surface area contributed by atoms with Crippen LogP contribution in [0.3, 0.4) is 0 Å². The average Bonchev–Trinajstić information content (AvgIpc) is 2.66. The number of rotatable bonds is 22. The highest BCUT2D eigenvalue weighted by molar-refractivity contribution is 4.81. The van der Waals surface area contributed by atoms with Gasteiger partial charge in [-0.05, 0) is 38.5 Å². The third kappa shape index (κ3) is 23.5. The second-order valence-corrected chi connectivity index (χ2v) is 8.14. The highest BCUT2D eigenvalue weighted by Crippen LogP contribution is 2.13. The van der Waals surface area contributed by atoms with E-state index in [2.05, 4.69) is 25.7 Å². The minimum atomic E-state index is 1.20. The second kappa shape index (κ2) is 24.5. The van der Waals surface area contributed by atoms with Gasteiger partial charge in [0.2, 0.25) is 0 Å². The van der Waals surface area contributed by atoms with Crippen molar-refractivity contribution >= 4 is 0 Å². The third-order valence-corrected chi connectivity index (χ3v) is 5.42. The molecule has 0 heterocycles. The summed E-state index contributed by atoms with van der Waals surface area (Å²) in [5.74, 6) is 0. The zero-order valence-corrected chi connectivity index (χ0v) is 18.3. The summed E-state index contributed by atoms with van der Waals surface area (Å²) in [6.45, 7) is 6.07. The van der Waals surface area contributed by atoms with Gasteiger partial charge in [0.15, 0.2) is 0 Å². The number of hydrogen-bond donors (Lipinski definition) is 0. The van der Waals surface area contributed by atoms with Crippen LogP contribution in [0.25, 0.3) is 0 Å². The van der Waals surface area contributed by atoms with Gasteiger partial charge in [-0.25, -0.2) is 0 Å². The first-order chi connectivity index (χ1) is 12.9. The van der Waals surface area contributed by atoms with Gasteiger partial charge in [0.1, 0.15) is 0 Å². The Labute approximate surface area is 166 Å². The molecule has 0 aliphatic rings. The van der Waals surface area contributed by atoms with Crippen LogP contribution in [0.15, 0.2) is 24.8 Å². The normalized spacial score (nSPS) is 11.4. The van der Waals surface area contributed by atoms with E-state index < -0.39 is 0 Å². The Bertz CT molecular complexity index is 276. The highest BCUT2D eigenvalue weighted by Gasteiger charge is 1.93. The zero-order chi connectivity index (χ0) is 19.0. The fraction of sp³-hybridized carbons (Fsp3) is 0.846. The molecule has 0 bridgehead atoms. The zero-order valence-electron chi connectivity index (χ0n) is 18.3. The quantitative estimate of drug-likeness (QED) is 0.133. The van der Waals surface area contributed by atoms with Crippen molar-refractivity contribution in [2.45, 2.75) is 142 Å². The van der Waals surface area contributed by atoms with E-state index >= 15 is 0 Å². The van der Waals surface area contributed by atoms with Crippen LogP contribution in [0, 0.1) is 0 Å². The van der Waals surface area contributed by atoms with Crippen LogP contribution in [0.1, 0.15) is 142 Å². The Morgan fingerprint density at radius 1 is 0.423 bits per heavy atom. The SMILES string of the molecule is C=CCCCCCCCCCCCCCC=CCCCCCCCCC. The lowest BCUT2D eigenvalue weighted by molar-refractivity contribution is 0.547. The van der Waals surface area contributed by atoms with Crippen LogP contribution in [0.5, 0.6) is 0 Å². The van der Waals surface area contributed by atoms with E-state index in [9.17, 15) is 0 Å². The van der Waals surface area contributed by atoms with Gasteiger partial charge in [0, 0.05) is 0 Å². The Morgan fingerprint density at radius 3 is 1.08 bits per heavy atom. The second-order valence-electron chi connectivity index (χ2n) is 8.14. The minimum absolute atomic E-state index is 1.20. The molecule has 154 valence electrons. The smallest absolute Gasteiger partial charge is 0.0351 e. The maximum Gasteiger partial charge on any atom is -0.0351 e. The molecule has 0 aliphatic heterocycles. The lowest BCUT2D eigenvalue weighted by Crippen LogP contribution is -1.82. The topological polar surface area (TPSA) is 0 Å². The van der Waals surface area contributed by atoms with Crippen molar-refractivity contribution in [3.8, 4) is 0 Å². The summed E-state index contributed by atoms with van der Waals surface area (Å²) in [5, 5.41) is 0. The van der Waals surface area contributed by atoms with E-state index in [1.54, 1.807) is 0 Å². The van der Waals surface area contributed by atoms with Crippen molar-refractivity contribution in [3.05, 3.63) is 24.8 Å². The average molecular weight is 363 g/mol. The monoisotopic (exact) mass is 362 g/mol. The molecule has 0 aromatic rings. The summed E-state index contributed by atoms with van der Waals surface area (Å²) in [4.78, 5) is 0. The first-order valence-electron chi connectivity index (χ1n) is 12.2. The summed E-state index contributed by atoms with van der Waals surface area (Å²) in [7, 11) is 0. The molecule has 0 unspecified atom stereocenters. The molecule has 0 aromatic carbocycles. The Kier molecular flexibility index (Phi) is 24.0. The third-order valence-electron chi connectivity index (χ3n) is 5.42. The van der Waals surface area contributed by atoms with Crippen LogP contribution < -0.4 is 0 Å². The van der Waals surface area contributed by atoms with E-state index in [0.29, 0.717) is 0 Å². The molecule has 0 rings (SSSR count). The molecule has 0 spiro atoms. The predicted octanol–water partition coefficient (Wildman–Crippen LogP) is 9.94. The molecule has 26 heavy (non-hydrogen) atoms. The standard InChI is InChI=1S/C26H50/c1-3-5-7-9-11-13-15-17-19-21-23-25-26-24-22-20-18-16-14-12-10-8-6-4-2/h3,20,22H,1,4-19,21,23-26H2,2H3. The number of allylic oxidation sites excluding steroid dienone is 3. The molecule has 0 saturated carbocycles. The first kappa shape index (κ1) is 25.5. The number of hydrogen-bond acceptors (Lipinski definition) is 0. The van der Waals surface area contributed by atoms with E-state index in [-0.39, 0.29) is 0 Å². The van der Waals surface area contributed by atoms with Crippen molar-refractivity contribution in [2.75, 3.05) is 0 Å². The van der Waals surface area contributed by atoms with Crippen LogP contribution in [0.2, 0.25) is 0 Å². The molecule has 0 aliphatic carbocycles. The molecule has 0 atom stereocenters. The van der Waals surface area contributed by atoms with E-state index in [1.807, 2.05) is 6.08 Å². The van der Waals surface area contributed by atoms with Crippen molar-refractivity contribution in [2.24, 2.45) is 0 Å². The molecular formula is C26H50. The van der Waals surface area contributed by atoms with Gasteiger partial charge in [-0.2, -0.15) is 0 Å². The maximum atomic E-state index is 3.78. The molecule has 0 radical (unpaired) electrons. The Balaban J connectivity index is 3.04. The van der Waals surface area contributed by atoms with Crippen molar-refractivity contribution in [3.63, 3.8) is 0 Å². The van der Waals surface area contributed by atoms with Gasteiger partial charge in [0.05, 0.1) is 0 Å². The van der Waals surface area contributed by atoms with Gasteiger partial charge >= 0.3 is 0 Å². The van der Waals surface area contributed by atoms with Crippen LogP contribution in [-0.4, -0.2) is 0 Å². The van der Waals surface area contributed by atoms with E-state index in [1.165, 1.54) is 135 Å². The minimum Gasteiger partial charge on any atom is -0.103 e. The lowest BCUT2D eigenvalue weighted by Gasteiger charge is -2.02. The van der Waals surface area contributed by atoms with Crippen LogP contribution in [-0.2, 0) is 0 Å². The Hall–Kier alpha value is -0.520. The molecule has 0 nitrogen and oxygen atoms in total. The first-order valence-corrected chi connectivity index (χ1v) is 12.2. The van der Waals surface area contributed by atoms with Gasteiger partial charge in [-0.15, -0.1) is 6.58 Å². The highest BCUT2D eigenvalue weighted by atomic mass is 14.0. The molecule has 0 heteroatoms. The molecule has 0 amide bonds. The Morgan fingerprint density at radius 2 is 0.731 bits per heavy atom. The summed E-state index contributed by atoms with van der Waals surface area (Å²) in [6, 6.07) is 0. The maximum absolute atomic E-state index is 3.78. The molecule has 0 N–H and O–H groups in total. The van der Waals surface area contributed by atoms with Gasteiger partial charge in [0.25, 0.3) is 0 Å². The fourth-order valence-corrected chi connectivity index (χ4v) is 3.60. The van der Waals surface area contributed by atoms with Crippen molar-refractivity contribution in [1.29, 1.82) is 0 Å². The van der Waals surface area contributed by atoms with Crippen LogP contribution >= 0.6 is 0 Å². The largest absolute Gasteiger partial charge is 0.103 e. The molecular weight excluding hydrogens is 312 g/mol. The summed E-state index contributed by atoms with van der Waals surface area (Å²) in [6.07, 6.45) is 36.4. The van der Waals surface area contributed by atoms with Gasteiger partial charge < -0.3 is 0 Å². The molecule has 0 saturated heterocycles. The summed E-state index contributed by atoms with van der Waals surface area (Å²) in [5.41, 5.74) is 0. The lowest BCUT2D eigenvalue weighted by atomic mass is 10.0. The molecule has 0 aromatic heterocycles. The fourth-order valence-electron chi connectivity index (χ4n) is 3.60. The van der Waals surface area contributed by atoms with Gasteiger partial charge in [-0.3, -0.25) is 0 Å².